The van der Waals surface area contributed by atoms with E-state index < -0.39 is 12.0 Å². The zero-order chi connectivity index (χ0) is 13.5. The van der Waals surface area contributed by atoms with Crippen molar-refractivity contribution in [2.75, 3.05) is 13.7 Å². The van der Waals surface area contributed by atoms with Crippen LogP contribution in [0, 0.1) is 0 Å². The van der Waals surface area contributed by atoms with Crippen LogP contribution in [0.4, 0.5) is 0 Å². The zero-order valence-electron chi connectivity index (χ0n) is 10.7. The zero-order valence-corrected chi connectivity index (χ0v) is 10.7. The Morgan fingerprint density at radius 1 is 1.56 bits per heavy atom. The van der Waals surface area contributed by atoms with Gasteiger partial charge in [0.2, 0.25) is 5.91 Å². The second-order valence-electron chi connectivity index (χ2n) is 3.62. The van der Waals surface area contributed by atoms with E-state index in [1.54, 1.807) is 17.1 Å². The first kappa shape index (κ1) is 14.0. The van der Waals surface area contributed by atoms with E-state index in [-0.39, 0.29) is 12.5 Å². The van der Waals surface area contributed by atoms with Crippen LogP contribution in [0.15, 0.2) is 12.4 Å². The number of ether oxygens (including phenoxy) is 2. The maximum Gasteiger partial charge on any atom is 0.331 e. The fraction of sp³-hybridized carbons (Fsp3) is 0.545. The Morgan fingerprint density at radius 2 is 2.28 bits per heavy atom. The Kier molecular flexibility index (Phi) is 5.16. The molecule has 0 spiro atoms. The summed E-state index contributed by atoms with van der Waals surface area (Å²) in [6.45, 7) is 4.01. The minimum Gasteiger partial charge on any atom is -0.488 e. The quantitative estimate of drug-likeness (QED) is 0.721. The van der Waals surface area contributed by atoms with Crippen LogP contribution in [0.5, 0.6) is 5.75 Å². The molecule has 0 aromatic carbocycles. The lowest BCUT2D eigenvalue weighted by molar-refractivity contribution is -0.145. The van der Waals surface area contributed by atoms with Crippen LogP contribution in [-0.4, -0.2) is 41.4 Å². The number of amides is 1. The summed E-state index contributed by atoms with van der Waals surface area (Å²) >= 11 is 0. The minimum absolute atomic E-state index is 0.00165. The summed E-state index contributed by atoms with van der Waals surface area (Å²) in [4.78, 5) is 22.3. The summed E-state index contributed by atoms with van der Waals surface area (Å²) in [5, 5.41) is 6.48. The first-order chi connectivity index (χ1) is 8.56. The van der Waals surface area contributed by atoms with Crippen molar-refractivity contribution in [3.8, 4) is 5.75 Å². The largest absolute Gasteiger partial charge is 0.488 e. The van der Waals surface area contributed by atoms with E-state index in [0.717, 1.165) is 6.54 Å². The SMILES string of the molecule is CCn1cc(OCC(NC(C)=O)C(=O)OC)cn1. The van der Waals surface area contributed by atoms with E-state index in [1.165, 1.54) is 14.0 Å². The van der Waals surface area contributed by atoms with Gasteiger partial charge < -0.3 is 14.8 Å². The van der Waals surface area contributed by atoms with Crippen LogP contribution in [0.25, 0.3) is 0 Å². The molecule has 1 atom stereocenters. The topological polar surface area (TPSA) is 82.5 Å². The molecule has 1 aromatic heterocycles. The van der Waals surface area contributed by atoms with Gasteiger partial charge in [0.1, 0.15) is 6.61 Å². The molecule has 0 bridgehead atoms. The second-order valence-corrected chi connectivity index (χ2v) is 3.62. The molecule has 1 aromatic rings. The molecule has 1 amide bonds. The molecule has 1 N–H and O–H groups in total. The summed E-state index contributed by atoms with van der Waals surface area (Å²) in [6, 6.07) is -0.822. The third-order valence-electron chi connectivity index (χ3n) is 2.21. The molecule has 100 valence electrons. The first-order valence-electron chi connectivity index (χ1n) is 5.57. The van der Waals surface area contributed by atoms with E-state index in [9.17, 15) is 9.59 Å². The van der Waals surface area contributed by atoms with Crippen molar-refractivity contribution in [1.82, 2.24) is 15.1 Å². The van der Waals surface area contributed by atoms with Gasteiger partial charge in [0.15, 0.2) is 11.8 Å². The molecule has 0 aliphatic rings. The number of carbonyl (C=O) groups is 2. The summed E-state index contributed by atoms with van der Waals surface area (Å²) in [6.07, 6.45) is 3.26. The number of methoxy groups -OCH3 is 1. The number of hydrogen-bond donors (Lipinski definition) is 1. The third kappa shape index (κ3) is 4.08. The maximum absolute atomic E-state index is 11.4. The lowest BCUT2D eigenvalue weighted by Crippen LogP contribution is -2.44. The smallest absolute Gasteiger partial charge is 0.331 e. The van der Waals surface area contributed by atoms with E-state index >= 15 is 0 Å². The van der Waals surface area contributed by atoms with Crippen molar-refractivity contribution in [2.24, 2.45) is 0 Å². The first-order valence-corrected chi connectivity index (χ1v) is 5.57. The molecular weight excluding hydrogens is 238 g/mol. The fourth-order valence-electron chi connectivity index (χ4n) is 1.33. The van der Waals surface area contributed by atoms with E-state index in [1.807, 2.05) is 6.92 Å². The van der Waals surface area contributed by atoms with Crippen molar-refractivity contribution in [2.45, 2.75) is 26.4 Å². The number of aryl methyl sites for hydroxylation is 1. The Balaban J connectivity index is 2.55. The molecule has 1 unspecified atom stereocenters. The van der Waals surface area contributed by atoms with Crippen molar-refractivity contribution in [1.29, 1.82) is 0 Å². The highest BCUT2D eigenvalue weighted by Gasteiger charge is 2.21. The van der Waals surface area contributed by atoms with E-state index in [4.69, 9.17) is 4.74 Å². The number of hydrogen-bond acceptors (Lipinski definition) is 5. The van der Waals surface area contributed by atoms with Crippen molar-refractivity contribution >= 4 is 11.9 Å². The number of carbonyl (C=O) groups excluding carboxylic acids is 2. The Hall–Kier alpha value is -2.05. The van der Waals surface area contributed by atoms with E-state index in [2.05, 4.69) is 15.2 Å². The molecule has 0 fully saturated rings. The minimum atomic E-state index is -0.822. The summed E-state index contributed by atoms with van der Waals surface area (Å²) < 4.78 is 11.6. The summed E-state index contributed by atoms with van der Waals surface area (Å²) in [5.41, 5.74) is 0. The summed E-state index contributed by atoms with van der Waals surface area (Å²) in [5.74, 6) is -0.331. The highest BCUT2D eigenvalue weighted by Crippen LogP contribution is 2.08. The number of nitrogens with zero attached hydrogens (tertiary/aromatic N) is 2. The molecule has 18 heavy (non-hydrogen) atoms. The monoisotopic (exact) mass is 255 g/mol. The van der Waals surface area contributed by atoms with Gasteiger partial charge in [-0.15, -0.1) is 0 Å². The van der Waals surface area contributed by atoms with Gasteiger partial charge in [0, 0.05) is 13.5 Å². The molecule has 1 rings (SSSR count). The molecule has 0 aliphatic heterocycles. The highest BCUT2D eigenvalue weighted by molar-refractivity contribution is 5.83. The maximum atomic E-state index is 11.4. The Bertz CT molecular complexity index is 416. The van der Waals surface area contributed by atoms with Gasteiger partial charge >= 0.3 is 5.97 Å². The van der Waals surface area contributed by atoms with Crippen molar-refractivity contribution in [3.05, 3.63) is 12.4 Å². The molecular formula is C11H17N3O4. The number of aromatic nitrogens is 2. The van der Waals surface area contributed by atoms with Crippen LogP contribution < -0.4 is 10.1 Å². The normalized spacial score (nSPS) is 11.7. The molecule has 1 heterocycles. The molecule has 0 saturated heterocycles. The van der Waals surface area contributed by atoms with Gasteiger partial charge in [0.05, 0.1) is 19.5 Å². The molecule has 0 saturated carbocycles. The lowest BCUT2D eigenvalue weighted by Gasteiger charge is -2.15. The average molecular weight is 255 g/mol. The Morgan fingerprint density at radius 3 is 2.78 bits per heavy atom. The van der Waals surface area contributed by atoms with Crippen LogP contribution in [-0.2, 0) is 20.9 Å². The van der Waals surface area contributed by atoms with Crippen LogP contribution in [0.3, 0.4) is 0 Å². The number of nitrogens with one attached hydrogen (secondary N) is 1. The lowest BCUT2D eigenvalue weighted by atomic mass is 10.3. The second kappa shape index (κ2) is 6.63. The standard InChI is InChI=1S/C11H17N3O4/c1-4-14-6-9(5-12-14)18-7-10(11(16)17-3)13-8(2)15/h5-6,10H,4,7H2,1-3H3,(H,13,15). The molecule has 7 nitrogen and oxygen atoms in total. The Labute approximate surface area is 105 Å². The van der Waals surface area contributed by atoms with Gasteiger partial charge in [-0.2, -0.15) is 5.10 Å². The van der Waals surface area contributed by atoms with Gasteiger partial charge in [-0.3, -0.25) is 9.48 Å². The van der Waals surface area contributed by atoms with Crippen LogP contribution in [0.2, 0.25) is 0 Å². The van der Waals surface area contributed by atoms with Gasteiger partial charge in [0.25, 0.3) is 0 Å². The molecule has 7 heteroatoms. The number of esters is 1. The van der Waals surface area contributed by atoms with Gasteiger partial charge in [-0.25, -0.2) is 4.79 Å². The third-order valence-corrected chi connectivity index (χ3v) is 2.21. The fourth-order valence-corrected chi connectivity index (χ4v) is 1.33. The van der Waals surface area contributed by atoms with Crippen molar-refractivity contribution < 1.29 is 19.1 Å². The van der Waals surface area contributed by atoms with Crippen LogP contribution in [0.1, 0.15) is 13.8 Å². The average Bonchev–Trinajstić information content (AvgIpc) is 2.81. The number of rotatable bonds is 6. The summed E-state index contributed by atoms with van der Waals surface area (Å²) in [7, 11) is 1.26. The predicted molar refractivity (Wildman–Crippen MR) is 63.0 cm³/mol. The predicted octanol–water partition coefficient (Wildman–Crippen LogP) is -0.0405. The highest BCUT2D eigenvalue weighted by atomic mass is 16.5. The molecule has 0 aliphatic carbocycles. The van der Waals surface area contributed by atoms with E-state index in [0.29, 0.717) is 5.75 Å². The van der Waals surface area contributed by atoms with Crippen molar-refractivity contribution in [3.63, 3.8) is 0 Å². The van der Waals surface area contributed by atoms with Gasteiger partial charge in [-0.1, -0.05) is 0 Å². The van der Waals surface area contributed by atoms with Crippen LogP contribution >= 0.6 is 0 Å². The van der Waals surface area contributed by atoms with Gasteiger partial charge in [-0.05, 0) is 6.92 Å². The molecule has 0 radical (unpaired) electrons.